The van der Waals surface area contributed by atoms with Crippen LogP contribution in [0.5, 0.6) is 0 Å². The number of hydrogen-bond acceptors (Lipinski definition) is 2. The van der Waals surface area contributed by atoms with Crippen molar-refractivity contribution in [1.29, 1.82) is 0 Å². The fourth-order valence-corrected chi connectivity index (χ4v) is 2.69. The van der Waals surface area contributed by atoms with E-state index >= 15 is 0 Å². The van der Waals surface area contributed by atoms with Crippen molar-refractivity contribution in [3.63, 3.8) is 0 Å². The zero-order chi connectivity index (χ0) is 13.2. The third kappa shape index (κ3) is 2.03. The van der Waals surface area contributed by atoms with E-state index < -0.39 is 0 Å². The lowest BCUT2D eigenvalue weighted by molar-refractivity contribution is 0.0945. The molecule has 2 aromatic rings. The third-order valence-corrected chi connectivity index (χ3v) is 3.52. The number of nitrogens with one attached hydrogen (secondary N) is 1. The maximum atomic E-state index is 11.9. The second kappa shape index (κ2) is 4.88. The predicted molar refractivity (Wildman–Crippen MR) is 74.0 cm³/mol. The Morgan fingerprint density at radius 3 is 2.89 bits per heavy atom. The molecule has 0 bridgehead atoms. The van der Waals surface area contributed by atoms with E-state index in [4.69, 9.17) is 0 Å². The molecule has 0 saturated heterocycles. The van der Waals surface area contributed by atoms with Gasteiger partial charge in [-0.15, -0.1) is 0 Å². The maximum Gasteiger partial charge on any atom is 0.253 e. The molecule has 0 radical (unpaired) electrons. The van der Waals surface area contributed by atoms with E-state index in [1.54, 1.807) is 12.4 Å². The molecule has 0 atom stereocenters. The Hall–Kier alpha value is -2.10. The SMILES string of the molecule is CCCn1c(-c2ccncc2)cc2c1CCNC2=O. The Kier molecular flexibility index (Phi) is 3.07. The maximum absolute atomic E-state index is 11.9. The van der Waals surface area contributed by atoms with Gasteiger partial charge >= 0.3 is 0 Å². The Labute approximate surface area is 112 Å². The summed E-state index contributed by atoms with van der Waals surface area (Å²) in [5, 5.41) is 2.91. The quantitative estimate of drug-likeness (QED) is 0.914. The fraction of sp³-hybridized carbons (Fsp3) is 0.333. The van der Waals surface area contributed by atoms with Gasteiger partial charge in [0.2, 0.25) is 0 Å². The van der Waals surface area contributed by atoms with Crippen LogP contribution in [-0.4, -0.2) is 22.0 Å². The number of nitrogens with zero attached hydrogens (tertiary/aromatic N) is 2. The molecule has 1 aliphatic heterocycles. The molecular formula is C15H17N3O. The highest BCUT2D eigenvalue weighted by atomic mass is 16.1. The van der Waals surface area contributed by atoms with Crippen LogP contribution < -0.4 is 5.32 Å². The van der Waals surface area contributed by atoms with Crippen LogP contribution >= 0.6 is 0 Å². The molecule has 0 aromatic carbocycles. The van der Waals surface area contributed by atoms with Gasteiger partial charge in [-0.05, 0) is 24.6 Å². The van der Waals surface area contributed by atoms with Crippen molar-refractivity contribution in [1.82, 2.24) is 14.9 Å². The largest absolute Gasteiger partial charge is 0.352 e. The summed E-state index contributed by atoms with van der Waals surface area (Å²) in [6, 6.07) is 5.99. The summed E-state index contributed by atoms with van der Waals surface area (Å²) in [5.41, 5.74) is 4.22. The second-order valence-corrected chi connectivity index (χ2v) is 4.78. The van der Waals surface area contributed by atoms with Crippen LogP contribution in [0.1, 0.15) is 29.4 Å². The van der Waals surface area contributed by atoms with Crippen molar-refractivity contribution in [2.75, 3.05) is 6.54 Å². The molecule has 98 valence electrons. The molecule has 0 unspecified atom stereocenters. The molecule has 0 aliphatic carbocycles. The van der Waals surface area contributed by atoms with Crippen molar-refractivity contribution in [3.05, 3.63) is 41.9 Å². The summed E-state index contributed by atoms with van der Waals surface area (Å²) < 4.78 is 2.28. The van der Waals surface area contributed by atoms with Gasteiger partial charge in [-0.1, -0.05) is 6.92 Å². The number of hydrogen-bond donors (Lipinski definition) is 1. The molecule has 4 nitrogen and oxygen atoms in total. The van der Waals surface area contributed by atoms with Gasteiger partial charge in [0.1, 0.15) is 0 Å². The lowest BCUT2D eigenvalue weighted by Gasteiger charge is -2.17. The van der Waals surface area contributed by atoms with Gasteiger partial charge in [-0.3, -0.25) is 9.78 Å². The Morgan fingerprint density at radius 1 is 1.37 bits per heavy atom. The van der Waals surface area contributed by atoms with E-state index in [2.05, 4.69) is 21.8 Å². The van der Waals surface area contributed by atoms with Crippen LogP contribution in [0.2, 0.25) is 0 Å². The van der Waals surface area contributed by atoms with E-state index in [0.29, 0.717) is 0 Å². The van der Waals surface area contributed by atoms with Gasteiger partial charge in [-0.2, -0.15) is 0 Å². The molecule has 1 aliphatic rings. The summed E-state index contributed by atoms with van der Waals surface area (Å²) in [5.74, 6) is 0.0476. The summed E-state index contributed by atoms with van der Waals surface area (Å²) >= 11 is 0. The zero-order valence-corrected chi connectivity index (χ0v) is 11.0. The molecule has 19 heavy (non-hydrogen) atoms. The average molecular weight is 255 g/mol. The van der Waals surface area contributed by atoms with Crippen LogP contribution in [-0.2, 0) is 13.0 Å². The third-order valence-electron chi connectivity index (χ3n) is 3.52. The molecule has 4 heteroatoms. The highest BCUT2D eigenvalue weighted by molar-refractivity contribution is 5.98. The fourth-order valence-electron chi connectivity index (χ4n) is 2.69. The number of carbonyl (C=O) groups excluding carboxylic acids is 1. The molecule has 0 spiro atoms. The zero-order valence-electron chi connectivity index (χ0n) is 11.0. The van der Waals surface area contributed by atoms with E-state index in [1.807, 2.05) is 18.2 Å². The Bertz CT molecular complexity index is 601. The molecule has 3 heterocycles. The summed E-state index contributed by atoms with van der Waals surface area (Å²) in [4.78, 5) is 16.0. The van der Waals surface area contributed by atoms with Gasteiger partial charge in [0, 0.05) is 48.9 Å². The monoisotopic (exact) mass is 255 g/mol. The number of carbonyl (C=O) groups is 1. The standard InChI is InChI=1S/C15H17N3O/c1-2-9-18-13-5-8-17-15(19)12(13)10-14(18)11-3-6-16-7-4-11/h3-4,6-7,10H,2,5,8-9H2,1H3,(H,17,19). The highest BCUT2D eigenvalue weighted by Crippen LogP contribution is 2.28. The van der Waals surface area contributed by atoms with E-state index in [0.717, 1.165) is 48.4 Å². The number of pyridine rings is 1. The van der Waals surface area contributed by atoms with Gasteiger partial charge in [0.15, 0.2) is 0 Å². The topological polar surface area (TPSA) is 46.9 Å². The molecule has 1 N–H and O–H groups in total. The average Bonchev–Trinajstić information content (AvgIpc) is 2.81. The van der Waals surface area contributed by atoms with Crippen molar-refractivity contribution >= 4 is 5.91 Å². The number of amides is 1. The van der Waals surface area contributed by atoms with Crippen LogP contribution in [0.15, 0.2) is 30.6 Å². The van der Waals surface area contributed by atoms with Gasteiger partial charge < -0.3 is 9.88 Å². The first-order valence-corrected chi connectivity index (χ1v) is 6.72. The lowest BCUT2D eigenvalue weighted by atomic mass is 10.1. The summed E-state index contributed by atoms with van der Waals surface area (Å²) in [7, 11) is 0. The van der Waals surface area contributed by atoms with Crippen molar-refractivity contribution in [2.24, 2.45) is 0 Å². The number of aromatic nitrogens is 2. The lowest BCUT2D eigenvalue weighted by Crippen LogP contribution is -2.32. The minimum Gasteiger partial charge on any atom is -0.352 e. The first-order chi connectivity index (χ1) is 9.31. The van der Waals surface area contributed by atoms with Crippen LogP contribution in [0.25, 0.3) is 11.3 Å². The minimum absolute atomic E-state index is 0.0476. The highest BCUT2D eigenvalue weighted by Gasteiger charge is 2.23. The predicted octanol–water partition coefficient (Wildman–Crippen LogP) is 2.25. The molecule has 0 fully saturated rings. The number of rotatable bonds is 3. The first-order valence-electron chi connectivity index (χ1n) is 6.72. The van der Waals surface area contributed by atoms with Crippen LogP contribution in [0.4, 0.5) is 0 Å². The Morgan fingerprint density at radius 2 is 2.16 bits per heavy atom. The first kappa shape index (κ1) is 12.0. The van der Waals surface area contributed by atoms with E-state index in [9.17, 15) is 4.79 Å². The van der Waals surface area contributed by atoms with Gasteiger partial charge in [-0.25, -0.2) is 0 Å². The van der Waals surface area contributed by atoms with Crippen LogP contribution in [0.3, 0.4) is 0 Å². The minimum atomic E-state index is 0.0476. The van der Waals surface area contributed by atoms with Crippen molar-refractivity contribution in [3.8, 4) is 11.3 Å². The van der Waals surface area contributed by atoms with Gasteiger partial charge in [0.05, 0.1) is 5.56 Å². The molecular weight excluding hydrogens is 238 g/mol. The van der Waals surface area contributed by atoms with Gasteiger partial charge in [0.25, 0.3) is 5.91 Å². The normalized spacial score (nSPS) is 14.1. The van der Waals surface area contributed by atoms with E-state index in [-0.39, 0.29) is 5.91 Å². The summed E-state index contributed by atoms with van der Waals surface area (Å²) in [6.07, 6.45) is 5.54. The molecule has 0 saturated carbocycles. The smallest absolute Gasteiger partial charge is 0.253 e. The molecule has 2 aromatic heterocycles. The molecule has 3 rings (SSSR count). The second-order valence-electron chi connectivity index (χ2n) is 4.78. The van der Waals surface area contributed by atoms with Crippen molar-refractivity contribution in [2.45, 2.75) is 26.3 Å². The van der Waals surface area contributed by atoms with E-state index in [1.165, 1.54) is 0 Å². The Balaban J connectivity index is 2.16. The van der Waals surface area contributed by atoms with Crippen LogP contribution in [0, 0.1) is 0 Å². The number of fused-ring (bicyclic) bond motifs is 1. The molecule has 1 amide bonds. The van der Waals surface area contributed by atoms with Crippen molar-refractivity contribution < 1.29 is 4.79 Å². The summed E-state index contributed by atoms with van der Waals surface area (Å²) in [6.45, 7) is 3.83.